The number of fused-ring (bicyclic) bond motifs is 1. The van der Waals surface area contributed by atoms with E-state index < -0.39 is 4.92 Å². The lowest BCUT2D eigenvalue weighted by molar-refractivity contribution is -0.384. The number of para-hydroxylation sites is 1. The van der Waals surface area contributed by atoms with Gasteiger partial charge in [0.1, 0.15) is 12.4 Å². The van der Waals surface area contributed by atoms with Crippen LogP contribution in [0.1, 0.15) is 16.1 Å². The Morgan fingerprint density at radius 3 is 2.81 bits per heavy atom. The van der Waals surface area contributed by atoms with Crippen molar-refractivity contribution in [3.8, 4) is 5.75 Å². The summed E-state index contributed by atoms with van der Waals surface area (Å²) < 4.78 is 5.70. The van der Waals surface area contributed by atoms with Crippen molar-refractivity contribution in [2.45, 2.75) is 6.92 Å². The average Bonchev–Trinajstić information content (AvgIpc) is 3.05. The van der Waals surface area contributed by atoms with Crippen LogP contribution >= 0.6 is 0 Å². The first kappa shape index (κ1) is 17.4. The quantitative estimate of drug-likeness (QED) is 0.542. The van der Waals surface area contributed by atoms with Gasteiger partial charge in [-0.1, -0.05) is 18.2 Å². The summed E-state index contributed by atoms with van der Waals surface area (Å²) in [6, 6.07) is 11.9. The number of hydrogen-bond donors (Lipinski definition) is 1. The summed E-state index contributed by atoms with van der Waals surface area (Å²) in [5, 5.41) is 18.1. The predicted octanol–water partition coefficient (Wildman–Crippen LogP) is 2.93. The number of carbonyl (C=O) groups excluding carboxylic acids is 1. The number of likely N-dealkylation sites (N-methyl/N-ethyl adjacent to an activating group) is 1. The van der Waals surface area contributed by atoms with Gasteiger partial charge in [-0.25, -0.2) is 0 Å². The largest absolute Gasteiger partial charge is 0.491 e. The Bertz CT molecular complexity index is 967. The van der Waals surface area contributed by atoms with Gasteiger partial charge in [-0.2, -0.15) is 5.10 Å². The van der Waals surface area contributed by atoms with Crippen LogP contribution in [0.15, 0.2) is 42.5 Å². The molecule has 1 heterocycles. The molecule has 0 radical (unpaired) electrons. The fourth-order valence-electron chi connectivity index (χ4n) is 2.57. The smallest absolute Gasteiger partial charge is 0.274 e. The van der Waals surface area contributed by atoms with Gasteiger partial charge >= 0.3 is 0 Å². The third-order valence-electron chi connectivity index (χ3n) is 4.08. The normalized spacial score (nSPS) is 10.7. The summed E-state index contributed by atoms with van der Waals surface area (Å²) in [6.45, 7) is 2.64. The molecule has 0 saturated carbocycles. The Morgan fingerprint density at radius 2 is 2.08 bits per heavy atom. The van der Waals surface area contributed by atoms with E-state index in [0.29, 0.717) is 24.1 Å². The Labute approximate surface area is 149 Å². The molecule has 8 heteroatoms. The number of non-ortho nitro benzene ring substituents is 1. The second kappa shape index (κ2) is 7.22. The number of hydrogen-bond acceptors (Lipinski definition) is 5. The molecule has 8 nitrogen and oxygen atoms in total. The van der Waals surface area contributed by atoms with Crippen LogP contribution in [0.2, 0.25) is 0 Å². The minimum absolute atomic E-state index is 0.0847. The van der Waals surface area contributed by atoms with Gasteiger partial charge in [-0.3, -0.25) is 20.0 Å². The lowest BCUT2D eigenvalue weighted by Crippen LogP contribution is -2.31. The first-order chi connectivity index (χ1) is 12.5. The number of ether oxygens (including phenoxy) is 1. The molecule has 0 aliphatic heterocycles. The summed E-state index contributed by atoms with van der Waals surface area (Å²) in [7, 11) is 1.64. The van der Waals surface area contributed by atoms with Crippen LogP contribution in [0.4, 0.5) is 5.69 Å². The van der Waals surface area contributed by atoms with Gasteiger partial charge in [-0.05, 0) is 24.6 Å². The van der Waals surface area contributed by atoms with Crippen LogP contribution in [0, 0.1) is 17.0 Å². The molecule has 0 saturated heterocycles. The van der Waals surface area contributed by atoms with E-state index in [0.717, 1.165) is 11.3 Å². The first-order valence-electron chi connectivity index (χ1n) is 8.04. The molecule has 0 unspecified atom stereocenters. The van der Waals surface area contributed by atoms with E-state index in [1.54, 1.807) is 13.1 Å². The van der Waals surface area contributed by atoms with Crippen molar-refractivity contribution in [1.29, 1.82) is 0 Å². The van der Waals surface area contributed by atoms with Crippen LogP contribution < -0.4 is 4.74 Å². The van der Waals surface area contributed by atoms with Crippen LogP contribution in [0.3, 0.4) is 0 Å². The van der Waals surface area contributed by atoms with Crippen LogP contribution in [-0.4, -0.2) is 46.1 Å². The zero-order valence-corrected chi connectivity index (χ0v) is 14.4. The van der Waals surface area contributed by atoms with Crippen molar-refractivity contribution in [3.63, 3.8) is 0 Å². The topological polar surface area (TPSA) is 101 Å². The summed E-state index contributed by atoms with van der Waals surface area (Å²) in [5.74, 6) is 0.444. The molecule has 0 spiro atoms. The highest BCUT2D eigenvalue weighted by atomic mass is 16.6. The number of nitrogens with one attached hydrogen (secondary N) is 1. The first-order valence-corrected chi connectivity index (χ1v) is 8.04. The third-order valence-corrected chi connectivity index (χ3v) is 4.08. The molecule has 26 heavy (non-hydrogen) atoms. The number of carbonyl (C=O) groups is 1. The van der Waals surface area contributed by atoms with Crippen LogP contribution in [0.25, 0.3) is 10.9 Å². The summed E-state index contributed by atoms with van der Waals surface area (Å²) in [6.07, 6.45) is 0. The molecule has 1 amide bonds. The van der Waals surface area contributed by atoms with E-state index in [1.807, 2.05) is 31.2 Å². The number of aromatic amines is 1. The number of nitro groups is 1. The van der Waals surface area contributed by atoms with Crippen LogP contribution in [-0.2, 0) is 0 Å². The van der Waals surface area contributed by atoms with Gasteiger partial charge in [0.2, 0.25) is 0 Å². The summed E-state index contributed by atoms with van der Waals surface area (Å²) in [4.78, 5) is 24.6. The van der Waals surface area contributed by atoms with Crippen molar-refractivity contribution >= 4 is 22.5 Å². The number of H-pyrrole nitrogens is 1. The molecule has 1 N–H and O–H groups in total. The minimum atomic E-state index is -0.500. The Hall–Kier alpha value is -3.42. The molecule has 3 rings (SSSR count). The molecule has 134 valence electrons. The number of amides is 1. The standard InChI is InChI=1S/C18H18N4O4/c1-12-5-3-4-6-16(12)26-10-9-21(2)18(23)17-14-11-13(22(24)25)7-8-15(14)19-20-17/h3-8,11H,9-10H2,1-2H3,(H,19,20). The van der Waals surface area contributed by atoms with Crippen molar-refractivity contribution in [2.24, 2.45) is 0 Å². The third kappa shape index (κ3) is 3.49. The van der Waals surface area contributed by atoms with E-state index in [9.17, 15) is 14.9 Å². The Balaban J connectivity index is 1.70. The zero-order chi connectivity index (χ0) is 18.7. The summed E-state index contributed by atoms with van der Waals surface area (Å²) >= 11 is 0. The van der Waals surface area contributed by atoms with Gasteiger partial charge in [0.15, 0.2) is 5.69 Å². The molecule has 2 aromatic carbocycles. The molecular formula is C18H18N4O4. The molecule has 0 bridgehead atoms. The molecule has 0 aliphatic rings. The maximum atomic E-state index is 12.6. The van der Waals surface area contributed by atoms with Crippen molar-refractivity contribution in [1.82, 2.24) is 15.1 Å². The molecule has 0 atom stereocenters. The molecule has 0 aliphatic carbocycles. The lowest BCUT2D eigenvalue weighted by atomic mass is 10.2. The number of nitrogens with zero attached hydrogens (tertiary/aromatic N) is 3. The van der Waals surface area contributed by atoms with E-state index in [-0.39, 0.29) is 17.3 Å². The van der Waals surface area contributed by atoms with E-state index in [4.69, 9.17) is 4.74 Å². The predicted molar refractivity (Wildman–Crippen MR) is 96.4 cm³/mol. The van der Waals surface area contributed by atoms with Gasteiger partial charge in [0.25, 0.3) is 11.6 Å². The second-order valence-electron chi connectivity index (χ2n) is 5.90. The Kier molecular flexibility index (Phi) is 4.83. The van der Waals surface area contributed by atoms with Gasteiger partial charge in [0, 0.05) is 24.6 Å². The average molecular weight is 354 g/mol. The fraction of sp³-hybridized carbons (Fsp3) is 0.222. The van der Waals surface area contributed by atoms with Gasteiger partial charge < -0.3 is 9.64 Å². The highest BCUT2D eigenvalue weighted by molar-refractivity contribution is 6.05. The van der Waals surface area contributed by atoms with Gasteiger partial charge in [-0.15, -0.1) is 0 Å². The molecule has 0 fully saturated rings. The molecule has 3 aromatic rings. The highest BCUT2D eigenvalue weighted by Crippen LogP contribution is 2.23. The van der Waals surface area contributed by atoms with Crippen molar-refractivity contribution in [2.75, 3.05) is 20.2 Å². The highest BCUT2D eigenvalue weighted by Gasteiger charge is 2.20. The van der Waals surface area contributed by atoms with E-state index >= 15 is 0 Å². The Morgan fingerprint density at radius 1 is 1.31 bits per heavy atom. The second-order valence-corrected chi connectivity index (χ2v) is 5.90. The van der Waals surface area contributed by atoms with Gasteiger partial charge in [0.05, 0.1) is 17.0 Å². The minimum Gasteiger partial charge on any atom is -0.491 e. The number of benzene rings is 2. The molecule has 1 aromatic heterocycles. The SMILES string of the molecule is Cc1ccccc1OCCN(C)C(=O)c1n[nH]c2ccc([N+](=O)[O-])cc12. The molecular weight excluding hydrogens is 336 g/mol. The van der Waals surface area contributed by atoms with E-state index in [2.05, 4.69) is 10.2 Å². The van der Waals surface area contributed by atoms with Crippen LogP contribution in [0.5, 0.6) is 5.75 Å². The van der Waals surface area contributed by atoms with E-state index in [1.165, 1.54) is 17.0 Å². The number of aromatic nitrogens is 2. The maximum Gasteiger partial charge on any atom is 0.274 e. The fourth-order valence-corrected chi connectivity index (χ4v) is 2.57. The monoisotopic (exact) mass is 354 g/mol. The number of aryl methyl sites for hydroxylation is 1. The number of nitro benzene ring substituents is 1. The maximum absolute atomic E-state index is 12.6. The zero-order valence-electron chi connectivity index (χ0n) is 14.4. The lowest BCUT2D eigenvalue weighted by Gasteiger charge is -2.17. The number of rotatable bonds is 6. The van der Waals surface area contributed by atoms with Crippen molar-refractivity contribution in [3.05, 3.63) is 63.8 Å². The van der Waals surface area contributed by atoms with Crippen molar-refractivity contribution < 1.29 is 14.5 Å². The summed E-state index contributed by atoms with van der Waals surface area (Å²) in [5.41, 5.74) is 1.66.